The summed E-state index contributed by atoms with van der Waals surface area (Å²) in [6.07, 6.45) is 12.3. The Kier molecular flexibility index (Phi) is 3.43. The van der Waals surface area contributed by atoms with Crippen LogP contribution in [0.1, 0.15) is 26.2 Å². The molecule has 0 unspecified atom stereocenters. The Morgan fingerprint density at radius 2 is 2.47 bits per heavy atom. The molecule has 1 aromatic rings. The van der Waals surface area contributed by atoms with Crippen LogP contribution in [0.25, 0.3) is 0 Å². The molecule has 2 rings (SSSR count). The lowest BCUT2D eigenvalue weighted by atomic mass is 9.94. The normalized spacial score (nSPS) is 20.5. The molecular formula is C12H19N3. The van der Waals surface area contributed by atoms with Gasteiger partial charge in [0.15, 0.2) is 0 Å². The van der Waals surface area contributed by atoms with Crippen LogP contribution in [0, 0.1) is 5.92 Å². The van der Waals surface area contributed by atoms with Crippen molar-refractivity contribution >= 4 is 5.69 Å². The summed E-state index contributed by atoms with van der Waals surface area (Å²) in [5.41, 5.74) is 1.14. The van der Waals surface area contributed by atoms with E-state index in [1.165, 1.54) is 19.3 Å². The highest BCUT2D eigenvalue weighted by Gasteiger charge is 2.09. The molecule has 1 heterocycles. The molecule has 15 heavy (non-hydrogen) atoms. The molecule has 0 aliphatic heterocycles. The highest BCUT2D eigenvalue weighted by molar-refractivity contribution is 5.38. The molecule has 1 aliphatic carbocycles. The third-order valence-electron chi connectivity index (χ3n) is 2.93. The van der Waals surface area contributed by atoms with E-state index < -0.39 is 0 Å². The van der Waals surface area contributed by atoms with Gasteiger partial charge in [0.1, 0.15) is 0 Å². The van der Waals surface area contributed by atoms with Gasteiger partial charge in [-0.15, -0.1) is 0 Å². The minimum atomic E-state index is 0.792. The van der Waals surface area contributed by atoms with E-state index in [9.17, 15) is 0 Å². The summed E-state index contributed by atoms with van der Waals surface area (Å²) in [7, 11) is 0. The van der Waals surface area contributed by atoms with Gasteiger partial charge in [0.2, 0.25) is 0 Å². The molecule has 0 bridgehead atoms. The zero-order valence-corrected chi connectivity index (χ0v) is 9.32. The first-order valence-electron chi connectivity index (χ1n) is 5.80. The first kappa shape index (κ1) is 10.3. The van der Waals surface area contributed by atoms with Crippen LogP contribution in [-0.4, -0.2) is 16.3 Å². The van der Waals surface area contributed by atoms with E-state index >= 15 is 0 Å². The average molecular weight is 205 g/mol. The van der Waals surface area contributed by atoms with Crippen molar-refractivity contribution in [2.45, 2.75) is 32.7 Å². The van der Waals surface area contributed by atoms with Crippen molar-refractivity contribution < 1.29 is 0 Å². The molecular weight excluding hydrogens is 186 g/mol. The molecule has 0 fully saturated rings. The van der Waals surface area contributed by atoms with E-state index in [4.69, 9.17) is 0 Å². The predicted octanol–water partition coefficient (Wildman–Crippen LogP) is 2.67. The van der Waals surface area contributed by atoms with Crippen LogP contribution >= 0.6 is 0 Å². The molecule has 1 aromatic heterocycles. The zero-order chi connectivity index (χ0) is 10.5. The number of aryl methyl sites for hydroxylation is 1. The van der Waals surface area contributed by atoms with E-state index in [-0.39, 0.29) is 0 Å². The minimum absolute atomic E-state index is 0.792. The van der Waals surface area contributed by atoms with Crippen LogP contribution < -0.4 is 5.32 Å². The third-order valence-corrected chi connectivity index (χ3v) is 2.93. The van der Waals surface area contributed by atoms with Crippen molar-refractivity contribution in [1.82, 2.24) is 9.78 Å². The molecule has 0 radical (unpaired) electrons. The maximum Gasteiger partial charge on any atom is 0.0726 e. The van der Waals surface area contributed by atoms with E-state index in [2.05, 4.69) is 35.7 Å². The topological polar surface area (TPSA) is 29.9 Å². The molecule has 3 nitrogen and oxygen atoms in total. The monoisotopic (exact) mass is 205 g/mol. The Bertz CT molecular complexity index is 327. The molecule has 0 aromatic carbocycles. The number of hydrogen-bond acceptors (Lipinski definition) is 2. The zero-order valence-electron chi connectivity index (χ0n) is 9.32. The number of aromatic nitrogens is 2. The smallest absolute Gasteiger partial charge is 0.0726 e. The van der Waals surface area contributed by atoms with E-state index in [1.807, 2.05) is 10.9 Å². The van der Waals surface area contributed by atoms with Gasteiger partial charge in [0, 0.05) is 19.3 Å². The fraction of sp³-hybridized carbons (Fsp3) is 0.583. The summed E-state index contributed by atoms with van der Waals surface area (Å²) >= 11 is 0. The summed E-state index contributed by atoms with van der Waals surface area (Å²) in [6, 6.07) is 0. The lowest BCUT2D eigenvalue weighted by molar-refractivity contribution is 0.504. The minimum Gasteiger partial charge on any atom is -0.382 e. The lowest BCUT2D eigenvalue weighted by Crippen LogP contribution is -2.14. The second-order valence-corrected chi connectivity index (χ2v) is 4.12. The van der Waals surface area contributed by atoms with Crippen molar-refractivity contribution in [3.63, 3.8) is 0 Å². The molecule has 1 aliphatic rings. The Labute approximate surface area is 91.2 Å². The van der Waals surface area contributed by atoms with Gasteiger partial charge < -0.3 is 5.32 Å². The van der Waals surface area contributed by atoms with Gasteiger partial charge >= 0.3 is 0 Å². The summed E-state index contributed by atoms with van der Waals surface area (Å²) < 4.78 is 1.95. The van der Waals surface area contributed by atoms with Crippen LogP contribution in [0.15, 0.2) is 24.5 Å². The number of hydrogen-bond donors (Lipinski definition) is 1. The highest BCUT2D eigenvalue weighted by atomic mass is 15.3. The van der Waals surface area contributed by atoms with Gasteiger partial charge in [-0.25, -0.2) is 0 Å². The summed E-state index contributed by atoms with van der Waals surface area (Å²) in [5.74, 6) is 0.792. The maximum absolute atomic E-state index is 4.24. The van der Waals surface area contributed by atoms with Gasteiger partial charge in [0.25, 0.3) is 0 Å². The quantitative estimate of drug-likeness (QED) is 0.766. The van der Waals surface area contributed by atoms with Gasteiger partial charge in [-0.05, 0) is 32.1 Å². The standard InChI is InChI=1S/C12H19N3/c1-2-15-10-12(9-14-15)13-8-11-6-4-3-5-7-11/h3-4,9-11,13H,2,5-8H2,1H3/t11-/m1/s1. The van der Waals surface area contributed by atoms with Crippen molar-refractivity contribution in [2.75, 3.05) is 11.9 Å². The summed E-state index contributed by atoms with van der Waals surface area (Å²) in [4.78, 5) is 0. The number of rotatable bonds is 4. The Hall–Kier alpha value is -1.25. The lowest BCUT2D eigenvalue weighted by Gasteiger charge is -2.17. The van der Waals surface area contributed by atoms with Crippen molar-refractivity contribution in [2.24, 2.45) is 5.92 Å². The molecule has 1 atom stereocenters. The Balaban J connectivity index is 1.79. The van der Waals surface area contributed by atoms with E-state index in [0.717, 1.165) is 24.7 Å². The fourth-order valence-electron chi connectivity index (χ4n) is 1.93. The fourth-order valence-corrected chi connectivity index (χ4v) is 1.93. The van der Waals surface area contributed by atoms with E-state index in [1.54, 1.807) is 0 Å². The van der Waals surface area contributed by atoms with Crippen LogP contribution in [0.3, 0.4) is 0 Å². The summed E-state index contributed by atoms with van der Waals surface area (Å²) in [5, 5.41) is 7.69. The molecule has 3 heteroatoms. The number of allylic oxidation sites excluding steroid dienone is 2. The van der Waals surface area contributed by atoms with Crippen LogP contribution in [-0.2, 0) is 6.54 Å². The van der Waals surface area contributed by atoms with Gasteiger partial charge in [-0.1, -0.05) is 12.2 Å². The second-order valence-electron chi connectivity index (χ2n) is 4.12. The van der Waals surface area contributed by atoms with Gasteiger partial charge in [-0.2, -0.15) is 5.10 Å². The van der Waals surface area contributed by atoms with Crippen LogP contribution in [0.5, 0.6) is 0 Å². The SMILES string of the molecule is CCn1cc(NC[C@@H]2CC=CCC2)cn1. The third kappa shape index (κ3) is 2.85. The Morgan fingerprint density at radius 3 is 3.13 bits per heavy atom. The molecule has 0 saturated heterocycles. The molecule has 1 N–H and O–H groups in total. The van der Waals surface area contributed by atoms with Gasteiger partial charge in [0.05, 0.1) is 11.9 Å². The maximum atomic E-state index is 4.24. The number of nitrogens with one attached hydrogen (secondary N) is 1. The molecule has 0 saturated carbocycles. The Morgan fingerprint density at radius 1 is 1.53 bits per heavy atom. The molecule has 82 valence electrons. The second kappa shape index (κ2) is 5.01. The van der Waals surface area contributed by atoms with E-state index in [0.29, 0.717) is 0 Å². The number of nitrogens with zero attached hydrogens (tertiary/aromatic N) is 2. The predicted molar refractivity (Wildman–Crippen MR) is 62.9 cm³/mol. The first-order valence-corrected chi connectivity index (χ1v) is 5.80. The molecule has 0 spiro atoms. The van der Waals surface area contributed by atoms with Crippen LogP contribution in [0.2, 0.25) is 0 Å². The van der Waals surface area contributed by atoms with Crippen molar-refractivity contribution in [3.05, 3.63) is 24.5 Å². The van der Waals surface area contributed by atoms with Crippen LogP contribution in [0.4, 0.5) is 5.69 Å². The molecule has 0 amide bonds. The highest BCUT2D eigenvalue weighted by Crippen LogP contribution is 2.18. The summed E-state index contributed by atoms with van der Waals surface area (Å²) in [6.45, 7) is 4.11. The van der Waals surface area contributed by atoms with Crippen molar-refractivity contribution in [1.29, 1.82) is 0 Å². The average Bonchev–Trinajstić information content (AvgIpc) is 2.76. The van der Waals surface area contributed by atoms with Gasteiger partial charge in [-0.3, -0.25) is 4.68 Å². The number of anilines is 1. The largest absolute Gasteiger partial charge is 0.382 e. The first-order chi connectivity index (χ1) is 7.38. The van der Waals surface area contributed by atoms with Crippen molar-refractivity contribution in [3.8, 4) is 0 Å².